The number of pyridine rings is 1. The number of fused-ring (bicyclic) bond motifs is 3. The number of hydrogen-bond acceptors (Lipinski definition) is 5. The van der Waals surface area contributed by atoms with Gasteiger partial charge >= 0.3 is 5.97 Å². The fourth-order valence-corrected chi connectivity index (χ4v) is 3.21. The van der Waals surface area contributed by atoms with Crippen LogP contribution in [-0.2, 0) is 4.74 Å². The lowest BCUT2D eigenvalue weighted by molar-refractivity contribution is 0.0603. The van der Waals surface area contributed by atoms with Crippen LogP contribution in [0.3, 0.4) is 0 Å². The molecule has 96 valence electrons. The van der Waals surface area contributed by atoms with Crippen molar-refractivity contribution in [3.8, 4) is 5.75 Å². The van der Waals surface area contributed by atoms with Crippen molar-refractivity contribution in [3.05, 3.63) is 34.3 Å². The minimum absolute atomic E-state index is 0.0961. The topological polar surface area (TPSA) is 59.4 Å². The molecule has 0 unspecified atom stereocenters. The molecule has 0 atom stereocenters. The van der Waals surface area contributed by atoms with Gasteiger partial charge in [0.1, 0.15) is 5.75 Å². The van der Waals surface area contributed by atoms with E-state index in [1.807, 2.05) is 0 Å². The minimum atomic E-state index is -0.561. The van der Waals surface area contributed by atoms with E-state index in [1.54, 1.807) is 24.4 Å². The molecule has 1 aromatic carbocycles. The summed E-state index contributed by atoms with van der Waals surface area (Å²) in [5.74, 6) is -0.657. The largest absolute Gasteiger partial charge is 0.505 e. The van der Waals surface area contributed by atoms with E-state index in [4.69, 9.17) is 11.6 Å². The van der Waals surface area contributed by atoms with Gasteiger partial charge in [0.05, 0.1) is 22.7 Å². The number of halogens is 1. The second-order valence-corrected chi connectivity index (χ2v) is 5.39. The molecular weight excluding hydrogens is 286 g/mol. The summed E-state index contributed by atoms with van der Waals surface area (Å²) in [6.45, 7) is 0. The van der Waals surface area contributed by atoms with Gasteiger partial charge in [-0.1, -0.05) is 11.6 Å². The van der Waals surface area contributed by atoms with Gasteiger partial charge in [0.25, 0.3) is 0 Å². The van der Waals surface area contributed by atoms with Crippen LogP contribution in [0.2, 0.25) is 5.02 Å². The summed E-state index contributed by atoms with van der Waals surface area (Å²) < 4.78 is 5.42. The Morgan fingerprint density at radius 3 is 2.95 bits per heavy atom. The van der Waals surface area contributed by atoms with Gasteiger partial charge in [-0.15, -0.1) is 11.3 Å². The van der Waals surface area contributed by atoms with E-state index in [1.165, 1.54) is 18.4 Å². The quantitative estimate of drug-likeness (QED) is 0.697. The Balaban J connectivity index is 2.42. The zero-order valence-electron chi connectivity index (χ0n) is 9.81. The van der Waals surface area contributed by atoms with Crippen molar-refractivity contribution >= 4 is 49.9 Å². The Hall–Kier alpha value is -1.85. The highest BCUT2D eigenvalue weighted by molar-refractivity contribution is 7.22. The van der Waals surface area contributed by atoms with E-state index in [2.05, 4.69) is 9.72 Å². The van der Waals surface area contributed by atoms with E-state index in [-0.39, 0.29) is 10.6 Å². The van der Waals surface area contributed by atoms with Gasteiger partial charge in [-0.05, 0) is 18.2 Å². The van der Waals surface area contributed by atoms with Gasteiger partial charge in [0.2, 0.25) is 0 Å². The van der Waals surface area contributed by atoms with Crippen molar-refractivity contribution in [3.63, 3.8) is 0 Å². The van der Waals surface area contributed by atoms with Gasteiger partial charge in [-0.2, -0.15) is 0 Å². The third kappa shape index (κ3) is 1.82. The Kier molecular flexibility index (Phi) is 2.80. The van der Waals surface area contributed by atoms with Crippen molar-refractivity contribution in [1.82, 2.24) is 4.98 Å². The van der Waals surface area contributed by atoms with Crippen LogP contribution >= 0.6 is 22.9 Å². The van der Waals surface area contributed by atoms with Gasteiger partial charge in [-0.3, -0.25) is 4.98 Å². The zero-order chi connectivity index (χ0) is 13.6. The lowest BCUT2D eigenvalue weighted by Crippen LogP contribution is -1.97. The van der Waals surface area contributed by atoms with Crippen LogP contribution < -0.4 is 0 Å². The predicted molar refractivity (Wildman–Crippen MR) is 75.1 cm³/mol. The molecule has 3 rings (SSSR count). The molecule has 0 spiro atoms. The lowest BCUT2D eigenvalue weighted by Gasteiger charge is -1.99. The van der Waals surface area contributed by atoms with Crippen LogP contribution in [0, 0.1) is 0 Å². The summed E-state index contributed by atoms with van der Waals surface area (Å²) in [7, 11) is 1.28. The third-order valence-electron chi connectivity index (χ3n) is 2.83. The Bertz CT molecular complexity index is 812. The maximum Gasteiger partial charge on any atom is 0.351 e. The summed E-state index contributed by atoms with van der Waals surface area (Å²) in [6.07, 6.45) is 1.55. The molecule has 0 saturated heterocycles. The van der Waals surface area contributed by atoms with Crippen LogP contribution in [0.1, 0.15) is 9.67 Å². The third-order valence-corrected chi connectivity index (χ3v) is 4.27. The molecular formula is C13H8ClNO3S. The number of nitrogens with zero attached hydrogens (tertiary/aromatic N) is 1. The summed E-state index contributed by atoms with van der Waals surface area (Å²) in [5.41, 5.74) is 0.759. The van der Waals surface area contributed by atoms with Crippen LogP contribution in [0.5, 0.6) is 5.75 Å². The molecule has 0 saturated carbocycles. The monoisotopic (exact) mass is 293 g/mol. The summed E-state index contributed by atoms with van der Waals surface area (Å²) >= 11 is 7.15. The first kappa shape index (κ1) is 12.2. The molecule has 3 aromatic rings. The summed E-state index contributed by atoms with van der Waals surface area (Å²) in [4.78, 5) is 16.0. The highest BCUT2D eigenvalue weighted by atomic mass is 35.5. The van der Waals surface area contributed by atoms with E-state index < -0.39 is 5.97 Å². The highest BCUT2D eigenvalue weighted by Gasteiger charge is 2.20. The molecule has 0 bridgehead atoms. The minimum Gasteiger partial charge on any atom is -0.505 e. The lowest BCUT2D eigenvalue weighted by atomic mass is 10.2. The molecule has 1 N–H and O–H groups in total. The molecule has 2 heterocycles. The number of aromatic hydroxyl groups is 1. The van der Waals surface area contributed by atoms with E-state index in [0.29, 0.717) is 10.4 Å². The highest BCUT2D eigenvalue weighted by Crippen LogP contribution is 2.40. The average molecular weight is 294 g/mol. The smallest absolute Gasteiger partial charge is 0.351 e. The Morgan fingerprint density at radius 2 is 2.21 bits per heavy atom. The Labute approximate surface area is 117 Å². The fourth-order valence-electron chi connectivity index (χ4n) is 1.92. The number of rotatable bonds is 1. The maximum atomic E-state index is 11.6. The molecule has 0 radical (unpaired) electrons. The van der Waals surface area contributed by atoms with Crippen molar-refractivity contribution in [2.24, 2.45) is 0 Å². The number of benzene rings is 1. The van der Waals surface area contributed by atoms with Crippen LogP contribution in [0.15, 0.2) is 24.4 Å². The molecule has 2 aromatic heterocycles. The van der Waals surface area contributed by atoms with Gasteiger partial charge < -0.3 is 9.84 Å². The fraction of sp³-hybridized carbons (Fsp3) is 0.0769. The van der Waals surface area contributed by atoms with Crippen molar-refractivity contribution in [2.45, 2.75) is 0 Å². The Morgan fingerprint density at radius 1 is 1.42 bits per heavy atom. The number of carbonyl (C=O) groups excluding carboxylic acids is 1. The van der Waals surface area contributed by atoms with Crippen LogP contribution in [0.4, 0.5) is 0 Å². The van der Waals surface area contributed by atoms with E-state index in [9.17, 15) is 9.90 Å². The molecule has 0 aliphatic carbocycles. The van der Waals surface area contributed by atoms with Crippen LogP contribution in [-0.4, -0.2) is 23.2 Å². The molecule has 0 fully saturated rings. The van der Waals surface area contributed by atoms with Crippen molar-refractivity contribution in [1.29, 1.82) is 0 Å². The van der Waals surface area contributed by atoms with Crippen LogP contribution in [0.25, 0.3) is 21.0 Å². The van der Waals surface area contributed by atoms with E-state index in [0.717, 1.165) is 15.6 Å². The summed E-state index contributed by atoms with van der Waals surface area (Å²) in [5, 5.41) is 12.0. The van der Waals surface area contributed by atoms with Gasteiger partial charge in [-0.25, -0.2) is 4.79 Å². The predicted octanol–water partition coefficient (Wildman–Crippen LogP) is 3.60. The molecule has 19 heavy (non-hydrogen) atoms. The first-order valence-corrected chi connectivity index (χ1v) is 6.59. The molecule has 6 heteroatoms. The number of thiophene rings is 1. The van der Waals surface area contributed by atoms with Crippen molar-refractivity contribution in [2.75, 3.05) is 7.11 Å². The first-order valence-electron chi connectivity index (χ1n) is 5.40. The maximum absolute atomic E-state index is 11.6. The average Bonchev–Trinajstić information content (AvgIpc) is 2.76. The number of esters is 1. The van der Waals surface area contributed by atoms with Gasteiger partial charge in [0.15, 0.2) is 4.88 Å². The molecule has 0 aliphatic rings. The zero-order valence-corrected chi connectivity index (χ0v) is 11.4. The number of carbonyl (C=O) groups is 1. The second kappa shape index (κ2) is 4.36. The molecule has 4 nitrogen and oxygen atoms in total. The van der Waals surface area contributed by atoms with Crippen molar-refractivity contribution < 1.29 is 14.6 Å². The molecule has 0 amide bonds. The second-order valence-electron chi connectivity index (χ2n) is 3.93. The summed E-state index contributed by atoms with van der Waals surface area (Å²) in [6, 6.07) is 5.31. The van der Waals surface area contributed by atoms with E-state index >= 15 is 0 Å². The number of aromatic nitrogens is 1. The normalized spacial score (nSPS) is 11.1. The SMILES string of the molecule is COC(=O)c1sc2c(cnc3ccc(Cl)cc32)c1O. The molecule has 0 aliphatic heterocycles. The number of ether oxygens (including phenoxy) is 1. The standard InChI is InChI=1S/C13H8ClNO3S/c1-18-13(17)12-10(16)8-5-15-9-3-2-6(14)4-7(9)11(8)19-12/h2-5,16H,1H3. The van der Waals surface area contributed by atoms with Gasteiger partial charge in [0, 0.05) is 16.6 Å². The number of methoxy groups -OCH3 is 1. The first-order chi connectivity index (χ1) is 9.11. The number of hydrogen-bond donors (Lipinski definition) is 1.